The fourth-order valence-electron chi connectivity index (χ4n) is 5.05. The lowest BCUT2D eigenvalue weighted by Gasteiger charge is -2.35. The highest BCUT2D eigenvalue weighted by atomic mass is 16.5. The molecular weight excluding hydrogens is 482 g/mol. The minimum absolute atomic E-state index is 0.186. The number of nitrogens with two attached hydrogens (primary N) is 1. The highest BCUT2D eigenvalue weighted by Gasteiger charge is 2.45. The molecule has 4 N–H and O–H groups in total. The van der Waals surface area contributed by atoms with Crippen molar-refractivity contribution < 1.29 is 19.1 Å². The molecule has 1 aliphatic carbocycles. The molecule has 1 saturated heterocycles. The lowest BCUT2D eigenvalue weighted by molar-refractivity contribution is -0.135. The van der Waals surface area contributed by atoms with Gasteiger partial charge in [-0.3, -0.25) is 9.59 Å². The van der Waals surface area contributed by atoms with Gasteiger partial charge in [0, 0.05) is 47.7 Å². The number of aromatic amines is 1. The quantitative estimate of drug-likeness (QED) is 0.212. The van der Waals surface area contributed by atoms with Crippen LogP contribution in [0.3, 0.4) is 0 Å². The summed E-state index contributed by atoms with van der Waals surface area (Å²) in [5.41, 5.74) is 8.73. The first kappa shape index (κ1) is 25.4. The number of Topliss-reactive ketones (excluding diaryl/α,β-unsaturated/α-hetero) is 1. The second kappa shape index (κ2) is 10.3. The summed E-state index contributed by atoms with van der Waals surface area (Å²) in [6, 6.07) is 15.8. The number of nitrogens with one attached hydrogen (secondary N) is 2. The third-order valence-electron chi connectivity index (χ3n) is 7.24. The van der Waals surface area contributed by atoms with Crippen LogP contribution in [0.15, 0.2) is 54.7 Å². The number of methoxy groups -OCH3 is 1. The zero-order valence-corrected chi connectivity index (χ0v) is 21.5. The number of primary amides is 1. The molecule has 2 aromatic carbocycles. The Labute approximate surface area is 220 Å². The van der Waals surface area contributed by atoms with Gasteiger partial charge in [-0.25, -0.2) is 9.78 Å². The number of hydrogen-bond acceptors (Lipinski definition) is 7. The first-order valence-electron chi connectivity index (χ1n) is 12.7. The van der Waals surface area contributed by atoms with Crippen LogP contribution in [0.25, 0.3) is 21.7 Å². The van der Waals surface area contributed by atoms with Gasteiger partial charge in [0.2, 0.25) is 5.91 Å². The molecule has 0 atom stereocenters. The van der Waals surface area contributed by atoms with Gasteiger partial charge in [-0.2, -0.15) is 0 Å². The number of nitrogens with zero attached hydrogens (tertiary/aromatic N) is 2. The predicted molar refractivity (Wildman–Crippen MR) is 146 cm³/mol. The maximum absolute atomic E-state index is 11.7. The van der Waals surface area contributed by atoms with E-state index in [1.54, 1.807) is 6.07 Å². The van der Waals surface area contributed by atoms with Crippen LogP contribution in [0.2, 0.25) is 0 Å². The summed E-state index contributed by atoms with van der Waals surface area (Å²) in [5, 5.41) is 6.49. The number of ether oxygens (including phenoxy) is 1. The van der Waals surface area contributed by atoms with Crippen molar-refractivity contribution in [2.24, 2.45) is 5.73 Å². The van der Waals surface area contributed by atoms with Crippen LogP contribution >= 0.6 is 0 Å². The molecule has 1 amide bonds. The monoisotopic (exact) mass is 513 g/mol. The van der Waals surface area contributed by atoms with Crippen LogP contribution in [0, 0.1) is 6.92 Å². The van der Waals surface area contributed by atoms with E-state index in [0.717, 1.165) is 58.4 Å². The van der Waals surface area contributed by atoms with Gasteiger partial charge in [0.1, 0.15) is 5.82 Å². The smallest absolute Gasteiger partial charge is 0.379 e. The van der Waals surface area contributed by atoms with E-state index >= 15 is 0 Å². The fraction of sp³-hybridized carbons (Fsp3) is 0.310. The molecule has 4 aromatic rings. The number of aromatic nitrogens is 2. The molecule has 0 unspecified atom stereocenters. The molecule has 0 bridgehead atoms. The van der Waals surface area contributed by atoms with Gasteiger partial charge < -0.3 is 25.7 Å². The minimum atomic E-state index is -0.845. The van der Waals surface area contributed by atoms with Crippen molar-refractivity contribution in [2.75, 3.05) is 31.6 Å². The molecule has 0 radical (unpaired) electrons. The molecule has 6 rings (SSSR count). The Morgan fingerprint density at radius 3 is 2.61 bits per heavy atom. The van der Waals surface area contributed by atoms with Gasteiger partial charge in [0.15, 0.2) is 0 Å². The summed E-state index contributed by atoms with van der Waals surface area (Å²) in [6.45, 7) is 4.86. The number of fused-ring (bicyclic) bond motifs is 2. The van der Waals surface area contributed by atoms with Gasteiger partial charge in [0.25, 0.3) is 5.78 Å². The van der Waals surface area contributed by atoms with Crippen molar-refractivity contribution in [3.63, 3.8) is 0 Å². The van der Waals surface area contributed by atoms with Crippen molar-refractivity contribution in [3.8, 4) is 0 Å². The number of H-pyrrole nitrogens is 1. The number of para-hydroxylation sites is 1. The van der Waals surface area contributed by atoms with Gasteiger partial charge >= 0.3 is 5.97 Å². The Kier molecular flexibility index (Phi) is 6.86. The molecule has 1 aliphatic heterocycles. The van der Waals surface area contributed by atoms with E-state index in [1.807, 2.05) is 37.3 Å². The first-order valence-corrected chi connectivity index (χ1v) is 12.7. The molecule has 3 heterocycles. The summed E-state index contributed by atoms with van der Waals surface area (Å²) in [6.07, 6.45) is 4.21. The Hall–Kier alpha value is -4.24. The summed E-state index contributed by atoms with van der Waals surface area (Å²) in [5.74, 6) is -0.849. The zero-order chi connectivity index (χ0) is 26.9. The average molecular weight is 514 g/mol. The average Bonchev–Trinajstić information content (AvgIpc) is 3.50. The molecule has 1 saturated carbocycles. The molecule has 9 heteroatoms. The normalized spacial score (nSPS) is 15.7. The number of benzene rings is 2. The first-order chi connectivity index (χ1) is 18.3. The third kappa shape index (κ3) is 5.10. The van der Waals surface area contributed by atoms with Crippen molar-refractivity contribution >= 4 is 45.2 Å². The maximum Gasteiger partial charge on any atom is 0.379 e. The van der Waals surface area contributed by atoms with Gasteiger partial charge in [-0.05, 0) is 36.8 Å². The van der Waals surface area contributed by atoms with Crippen LogP contribution in [0.4, 0.5) is 5.82 Å². The Bertz CT molecular complexity index is 1540. The second-order valence-electron chi connectivity index (χ2n) is 9.94. The summed E-state index contributed by atoms with van der Waals surface area (Å²) >= 11 is 0. The van der Waals surface area contributed by atoms with Crippen LogP contribution in [0.5, 0.6) is 0 Å². The molecule has 1 spiro atoms. The van der Waals surface area contributed by atoms with Crippen LogP contribution in [-0.2, 0) is 20.7 Å². The maximum atomic E-state index is 11.7. The number of esters is 1. The molecule has 38 heavy (non-hydrogen) atoms. The number of piperazine rings is 1. The number of ketones is 1. The molecule has 2 fully saturated rings. The number of carbonyl (C=O) groups excluding carboxylic acids is 3. The van der Waals surface area contributed by atoms with Crippen molar-refractivity contribution in [1.82, 2.24) is 15.3 Å². The van der Waals surface area contributed by atoms with E-state index in [0.29, 0.717) is 11.1 Å². The van der Waals surface area contributed by atoms with Gasteiger partial charge in [-0.15, -0.1) is 0 Å². The van der Waals surface area contributed by atoms with Crippen molar-refractivity contribution in [3.05, 3.63) is 71.5 Å². The Morgan fingerprint density at radius 1 is 1.11 bits per heavy atom. The molecular formula is C29H31N5O4. The highest BCUT2D eigenvalue weighted by Crippen LogP contribution is 2.38. The number of amides is 1. The van der Waals surface area contributed by atoms with E-state index in [2.05, 4.69) is 32.1 Å². The standard InChI is InChI=1S/C17H20N4O.C12H11NO3/c18-15(22)10-14-13-4-2-1-3-12(13)9-16(20-14)21-8-7-19-17(11-21)5-6-17;1-7-4-3-5-8-9(6-13-10(7)8)11(14)12(15)16-2/h1-4,9,19H,5-8,10-11H2,(H2,18,22);3-6,13H,1-2H3. The van der Waals surface area contributed by atoms with Crippen LogP contribution < -0.4 is 16.0 Å². The van der Waals surface area contributed by atoms with Crippen LogP contribution in [-0.4, -0.2) is 59.9 Å². The predicted octanol–water partition coefficient (Wildman–Crippen LogP) is 3.04. The topological polar surface area (TPSA) is 130 Å². The summed E-state index contributed by atoms with van der Waals surface area (Å²) in [7, 11) is 1.19. The third-order valence-corrected chi connectivity index (χ3v) is 7.24. The molecule has 2 aromatic heterocycles. The van der Waals surface area contributed by atoms with E-state index in [4.69, 9.17) is 10.7 Å². The highest BCUT2D eigenvalue weighted by molar-refractivity contribution is 6.43. The van der Waals surface area contributed by atoms with Crippen molar-refractivity contribution in [1.29, 1.82) is 0 Å². The molecule has 196 valence electrons. The van der Waals surface area contributed by atoms with Crippen molar-refractivity contribution in [2.45, 2.75) is 31.7 Å². The van der Waals surface area contributed by atoms with Gasteiger partial charge in [0.05, 0.1) is 24.8 Å². The number of anilines is 1. The second-order valence-corrected chi connectivity index (χ2v) is 9.94. The van der Waals surface area contributed by atoms with Gasteiger partial charge in [-0.1, -0.05) is 42.5 Å². The zero-order valence-electron chi connectivity index (χ0n) is 21.5. The molecule has 2 aliphatic rings. The number of hydrogen-bond donors (Lipinski definition) is 3. The number of pyridine rings is 1. The Balaban J connectivity index is 0.000000163. The lowest BCUT2D eigenvalue weighted by Crippen LogP contribution is -2.52. The fourth-order valence-corrected chi connectivity index (χ4v) is 5.05. The largest absolute Gasteiger partial charge is 0.463 e. The summed E-state index contributed by atoms with van der Waals surface area (Å²) in [4.78, 5) is 44.3. The number of aryl methyl sites for hydroxylation is 1. The van der Waals surface area contributed by atoms with E-state index in [-0.39, 0.29) is 12.3 Å². The lowest BCUT2D eigenvalue weighted by atomic mass is 10.1. The van der Waals surface area contributed by atoms with E-state index in [1.165, 1.54) is 26.1 Å². The van der Waals surface area contributed by atoms with E-state index < -0.39 is 11.8 Å². The van der Waals surface area contributed by atoms with E-state index in [9.17, 15) is 14.4 Å². The Morgan fingerprint density at radius 2 is 1.87 bits per heavy atom. The minimum Gasteiger partial charge on any atom is -0.463 e. The SMILES string of the molecule is COC(=O)C(=O)c1c[nH]c2c(C)cccc12.NC(=O)Cc1nc(N2CCNC3(CC3)C2)cc2ccccc12. The van der Waals surface area contributed by atoms with Crippen LogP contribution in [0.1, 0.15) is 34.5 Å². The summed E-state index contributed by atoms with van der Waals surface area (Å²) < 4.78 is 4.41. The number of carbonyl (C=O) groups is 3. The number of rotatable bonds is 5. The molecule has 9 nitrogen and oxygen atoms in total.